The normalized spacial score (nSPS) is 17.7. The van der Waals surface area contributed by atoms with Gasteiger partial charge >= 0.3 is 6.09 Å². The molecule has 1 aromatic heterocycles. The molecule has 5 nitrogen and oxygen atoms in total. The first-order valence-electron chi connectivity index (χ1n) is 7.80. The molecule has 1 aliphatic rings. The molecule has 122 valence electrons. The van der Waals surface area contributed by atoms with Gasteiger partial charge < -0.3 is 15.8 Å². The number of nitrogens with one attached hydrogen (secondary N) is 2. The first-order valence-corrected chi connectivity index (χ1v) is 8.68. The van der Waals surface area contributed by atoms with Gasteiger partial charge in [-0.3, -0.25) is 5.32 Å². The maximum Gasteiger partial charge on any atom is 0.411 e. The van der Waals surface area contributed by atoms with Crippen LogP contribution < -0.4 is 16.4 Å². The van der Waals surface area contributed by atoms with Gasteiger partial charge in [0, 0.05) is 17.3 Å². The zero-order chi connectivity index (χ0) is 16.1. The van der Waals surface area contributed by atoms with E-state index in [-0.39, 0.29) is 0 Å². The highest BCUT2D eigenvalue weighted by Crippen LogP contribution is 2.30. The Balaban J connectivity index is 1.60. The minimum absolute atomic E-state index is 0.393. The minimum Gasteiger partial charge on any atom is -0.449 e. The van der Waals surface area contributed by atoms with Crippen molar-refractivity contribution in [2.45, 2.75) is 12.8 Å². The summed E-state index contributed by atoms with van der Waals surface area (Å²) in [6.45, 7) is 2.39. The number of benzene rings is 1. The van der Waals surface area contributed by atoms with Crippen molar-refractivity contribution in [1.29, 1.82) is 0 Å². The molecule has 0 bridgehead atoms. The van der Waals surface area contributed by atoms with Crippen molar-refractivity contribution in [2.75, 3.05) is 30.7 Å². The Morgan fingerprint density at radius 2 is 2.35 bits per heavy atom. The molecule has 2 aromatic rings. The molecular weight excluding hydrogens is 310 g/mol. The van der Waals surface area contributed by atoms with Crippen molar-refractivity contribution >= 4 is 28.8 Å². The number of carbonyl (C=O) groups is 1. The fourth-order valence-corrected chi connectivity index (χ4v) is 3.39. The SMILES string of the molecule is Nc1ccc(-c2cccs2)cc1NC(=O)OCC1CCCNC1. The molecular formula is C17H21N3O2S. The zero-order valence-corrected chi connectivity index (χ0v) is 13.7. The summed E-state index contributed by atoms with van der Waals surface area (Å²) < 4.78 is 5.33. The van der Waals surface area contributed by atoms with Crippen LogP contribution >= 0.6 is 11.3 Å². The number of nitrogens with two attached hydrogens (primary N) is 1. The van der Waals surface area contributed by atoms with Gasteiger partial charge in [-0.25, -0.2) is 4.79 Å². The number of hydrogen-bond donors (Lipinski definition) is 3. The maximum absolute atomic E-state index is 12.0. The number of thiophene rings is 1. The summed E-state index contributed by atoms with van der Waals surface area (Å²) in [6.07, 6.45) is 1.77. The van der Waals surface area contributed by atoms with E-state index in [9.17, 15) is 4.79 Å². The molecule has 4 N–H and O–H groups in total. The van der Waals surface area contributed by atoms with E-state index in [1.54, 1.807) is 17.4 Å². The van der Waals surface area contributed by atoms with Crippen LogP contribution in [0.3, 0.4) is 0 Å². The number of ether oxygens (including phenoxy) is 1. The number of rotatable bonds is 4. The highest BCUT2D eigenvalue weighted by Gasteiger charge is 2.15. The van der Waals surface area contributed by atoms with Gasteiger partial charge in [0.15, 0.2) is 0 Å². The average Bonchev–Trinajstić information content (AvgIpc) is 3.10. The van der Waals surface area contributed by atoms with E-state index >= 15 is 0 Å². The maximum atomic E-state index is 12.0. The minimum atomic E-state index is -0.453. The van der Waals surface area contributed by atoms with Crippen molar-refractivity contribution in [1.82, 2.24) is 5.32 Å². The van der Waals surface area contributed by atoms with Crippen LogP contribution in [0.25, 0.3) is 10.4 Å². The molecule has 1 amide bonds. The summed E-state index contributed by atoms with van der Waals surface area (Å²) in [4.78, 5) is 13.1. The molecule has 1 fully saturated rings. The second-order valence-corrected chi connectivity index (χ2v) is 6.66. The Labute approximate surface area is 139 Å². The van der Waals surface area contributed by atoms with Crippen LogP contribution in [0, 0.1) is 5.92 Å². The molecule has 0 aliphatic carbocycles. The number of carbonyl (C=O) groups excluding carboxylic acids is 1. The smallest absolute Gasteiger partial charge is 0.411 e. The summed E-state index contributed by atoms with van der Waals surface area (Å²) in [5, 5.41) is 8.08. The van der Waals surface area contributed by atoms with Crippen LogP contribution in [0.4, 0.5) is 16.2 Å². The Morgan fingerprint density at radius 1 is 1.43 bits per heavy atom. The van der Waals surface area contributed by atoms with E-state index < -0.39 is 6.09 Å². The quantitative estimate of drug-likeness (QED) is 0.749. The van der Waals surface area contributed by atoms with Crippen LogP contribution in [-0.2, 0) is 4.74 Å². The van der Waals surface area contributed by atoms with Crippen LogP contribution in [0.15, 0.2) is 35.7 Å². The number of amides is 1. The fourth-order valence-electron chi connectivity index (χ4n) is 2.67. The van der Waals surface area contributed by atoms with Crippen LogP contribution in [0.1, 0.15) is 12.8 Å². The summed E-state index contributed by atoms with van der Waals surface area (Å²) >= 11 is 1.65. The van der Waals surface area contributed by atoms with Gasteiger partial charge in [-0.15, -0.1) is 11.3 Å². The average molecular weight is 331 g/mol. The fraction of sp³-hybridized carbons (Fsp3) is 0.353. The van der Waals surface area contributed by atoms with Crippen molar-refractivity contribution in [3.05, 3.63) is 35.7 Å². The van der Waals surface area contributed by atoms with E-state index in [0.717, 1.165) is 36.4 Å². The predicted octanol–water partition coefficient (Wildman–Crippen LogP) is 3.55. The monoisotopic (exact) mass is 331 g/mol. The highest BCUT2D eigenvalue weighted by atomic mass is 32.1. The van der Waals surface area contributed by atoms with Gasteiger partial charge in [0.05, 0.1) is 18.0 Å². The van der Waals surface area contributed by atoms with Crippen molar-refractivity contribution in [2.24, 2.45) is 5.92 Å². The van der Waals surface area contributed by atoms with Gasteiger partial charge in [-0.2, -0.15) is 0 Å². The van der Waals surface area contributed by atoms with Gasteiger partial charge in [0.1, 0.15) is 0 Å². The standard InChI is InChI=1S/C17H21N3O2S/c18-14-6-5-13(16-4-2-8-23-16)9-15(14)20-17(21)22-11-12-3-1-7-19-10-12/h2,4-6,8-9,12,19H,1,3,7,10-11,18H2,(H,20,21). The molecule has 1 aromatic carbocycles. The molecule has 1 atom stereocenters. The molecule has 3 rings (SSSR count). The number of piperidine rings is 1. The number of nitrogen functional groups attached to an aromatic ring is 1. The van der Waals surface area contributed by atoms with Crippen molar-refractivity contribution in [3.8, 4) is 10.4 Å². The van der Waals surface area contributed by atoms with Crippen LogP contribution in [0.5, 0.6) is 0 Å². The topological polar surface area (TPSA) is 76.4 Å². The predicted molar refractivity (Wildman–Crippen MR) is 94.7 cm³/mol. The van der Waals surface area contributed by atoms with E-state index in [4.69, 9.17) is 10.5 Å². The Hall–Kier alpha value is -2.05. The lowest BCUT2D eigenvalue weighted by atomic mass is 10.0. The molecule has 6 heteroatoms. The number of anilines is 2. The van der Waals surface area contributed by atoms with Gasteiger partial charge in [0.25, 0.3) is 0 Å². The molecule has 0 radical (unpaired) electrons. The second-order valence-electron chi connectivity index (χ2n) is 5.72. The van der Waals surface area contributed by atoms with E-state index in [1.807, 2.05) is 29.6 Å². The molecule has 23 heavy (non-hydrogen) atoms. The second kappa shape index (κ2) is 7.48. The van der Waals surface area contributed by atoms with Crippen molar-refractivity contribution in [3.63, 3.8) is 0 Å². The highest BCUT2D eigenvalue weighted by molar-refractivity contribution is 7.13. The third kappa shape index (κ3) is 4.24. The molecule has 1 saturated heterocycles. The van der Waals surface area contributed by atoms with Crippen LogP contribution in [0.2, 0.25) is 0 Å². The van der Waals surface area contributed by atoms with E-state index in [0.29, 0.717) is 23.9 Å². The molecule has 0 saturated carbocycles. The summed E-state index contributed by atoms with van der Waals surface area (Å²) in [7, 11) is 0. The van der Waals surface area contributed by atoms with Crippen LogP contribution in [-0.4, -0.2) is 25.8 Å². The molecule has 2 heterocycles. The lowest BCUT2D eigenvalue weighted by Crippen LogP contribution is -2.33. The lowest BCUT2D eigenvalue weighted by molar-refractivity contribution is 0.132. The zero-order valence-electron chi connectivity index (χ0n) is 12.9. The molecule has 0 spiro atoms. The summed E-state index contributed by atoms with van der Waals surface area (Å²) in [5.74, 6) is 0.393. The molecule has 1 aliphatic heterocycles. The van der Waals surface area contributed by atoms with Gasteiger partial charge in [-0.1, -0.05) is 12.1 Å². The van der Waals surface area contributed by atoms with E-state index in [2.05, 4.69) is 10.6 Å². The number of hydrogen-bond acceptors (Lipinski definition) is 5. The largest absolute Gasteiger partial charge is 0.449 e. The molecule has 1 unspecified atom stereocenters. The third-order valence-electron chi connectivity index (χ3n) is 3.94. The lowest BCUT2D eigenvalue weighted by Gasteiger charge is -2.22. The Morgan fingerprint density at radius 3 is 3.09 bits per heavy atom. The van der Waals surface area contributed by atoms with E-state index in [1.165, 1.54) is 0 Å². The van der Waals surface area contributed by atoms with Crippen molar-refractivity contribution < 1.29 is 9.53 Å². The Kier molecular flexibility index (Phi) is 5.15. The first-order chi connectivity index (χ1) is 11.2. The Bertz CT molecular complexity index is 652. The first kappa shape index (κ1) is 15.8. The summed E-state index contributed by atoms with van der Waals surface area (Å²) in [5.41, 5.74) is 8.10. The van der Waals surface area contributed by atoms with Gasteiger partial charge in [0.2, 0.25) is 0 Å². The van der Waals surface area contributed by atoms with Gasteiger partial charge in [-0.05, 0) is 48.5 Å². The third-order valence-corrected chi connectivity index (χ3v) is 4.86. The summed E-state index contributed by atoms with van der Waals surface area (Å²) in [6, 6.07) is 9.66.